The van der Waals surface area contributed by atoms with Crippen molar-refractivity contribution >= 4 is 17.3 Å². The molecule has 0 atom stereocenters. The molecule has 3 heteroatoms. The van der Waals surface area contributed by atoms with E-state index in [0.29, 0.717) is 5.56 Å². The van der Waals surface area contributed by atoms with Crippen LogP contribution in [0.5, 0.6) is 0 Å². The summed E-state index contributed by atoms with van der Waals surface area (Å²) in [5.74, 6) is 0.422. The fraction of sp³-hybridized carbons (Fsp3) is 0.278. The lowest BCUT2D eigenvalue weighted by molar-refractivity contribution is 0.0602. The number of rotatable bonds is 4. The maximum Gasteiger partial charge on any atom is 0.339 e. The zero-order valence-electron chi connectivity index (χ0n) is 12.3. The number of benzene rings is 2. The van der Waals surface area contributed by atoms with Gasteiger partial charge in [-0.3, -0.25) is 0 Å². The van der Waals surface area contributed by atoms with E-state index in [2.05, 4.69) is 30.4 Å². The smallest absolute Gasteiger partial charge is 0.339 e. The first-order chi connectivity index (χ1) is 10.2. The van der Waals surface area contributed by atoms with Gasteiger partial charge in [0.15, 0.2) is 0 Å². The molecule has 1 aliphatic carbocycles. The highest BCUT2D eigenvalue weighted by atomic mass is 16.5. The Morgan fingerprint density at radius 3 is 2.57 bits per heavy atom. The van der Waals surface area contributed by atoms with Crippen LogP contribution in [-0.4, -0.2) is 13.1 Å². The van der Waals surface area contributed by atoms with Crippen molar-refractivity contribution in [3.8, 4) is 0 Å². The van der Waals surface area contributed by atoms with Crippen LogP contribution in [0.25, 0.3) is 0 Å². The summed E-state index contributed by atoms with van der Waals surface area (Å²) in [4.78, 5) is 11.8. The van der Waals surface area contributed by atoms with Crippen molar-refractivity contribution in [1.29, 1.82) is 0 Å². The zero-order chi connectivity index (χ0) is 14.8. The molecular weight excluding hydrogens is 262 g/mol. The van der Waals surface area contributed by atoms with Crippen molar-refractivity contribution in [3.63, 3.8) is 0 Å². The maximum absolute atomic E-state index is 11.8. The van der Waals surface area contributed by atoms with Crippen LogP contribution in [0.4, 0.5) is 11.4 Å². The Kier molecular flexibility index (Phi) is 3.65. The van der Waals surface area contributed by atoms with Crippen molar-refractivity contribution < 1.29 is 9.53 Å². The highest BCUT2D eigenvalue weighted by Crippen LogP contribution is 2.41. The Balaban J connectivity index is 1.88. The van der Waals surface area contributed by atoms with E-state index in [1.54, 1.807) is 6.07 Å². The number of carbonyl (C=O) groups excluding carboxylic acids is 1. The van der Waals surface area contributed by atoms with E-state index in [0.717, 1.165) is 17.3 Å². The fourth-order valence-electron chi connectivity index (χ4n) is 2.52. The van der Waals surface area contributed by atoms with E-state index >= 15 is 0 Å². The van der Waals surface area contributed by atoms with Gasteiger partial charge in [-0.2, -0.15) is 0 Å². The molecule has 0 aliphatic heterocycles. The van der Waals surface area contributed by atoms with E-state index in [-0.39, 0.29) is 5.97 Å². The standard InChI is InChI=1S/C18H19NO2/c1-12-11-14(13-7-8-13)9-10-16(12)19-17-6-4-3-5-15(17)18(20)21-2/h3-6,9-11,13,19H,7-8H2,1-2H3. The fourth-order valence-corrected chi connectivity index (χ4v) is 2.52. The molecule has 0 radical (unpaired) electrons. The van der Waals surface area contributed by atoms with E-state index < -0.39 is 0 Å². The molecule has 1 N–H and O–H groups in total. The van der Waals surface area contributed by atoms with Gasteiger partial charge in [-0.05, 0) is 55.0 Å². The Bertz CT molecular complexity index is 675. The molecule has 0 heterocycles. The Labute approximate surface area is 124 Å². The Morgan fingerprint density at radius 1 is 1.14 bits per heavy atom. The van der Waals surface area contributed by atoms with Gasteiger partial charge in [0.1, 0.15) is 0 Å². The van der Waals surface area contributed by atoms with Crippen molar-refractivity contribution in [2.45, 2.75) is 25.7 Å². The largest absolute Gasteiger partial charge is 0.465 e. The molecule has 108 valence electrons. The van der Waals surface area contributed by atoms with Gasteiger partial charge in [-0.25, -0.2) is 4.79 Å². The van der Waals surface area contributed by atoms with Crippen molar-refractivity contribution in [2.24, 2.45) is 0 Å². The molecule has 0 spiro atoms. The summed E-state index contributed by atoms with van der Waals surface area (Å²) in [5, 5.41) is 3.34. The van der Waals surface area contributed by atoms with Gasteiger partial charge in [0.2, 0.25) is 0 Å². The Hall–Kier alpha value is -2.29. The third-order valence-corrected chi connectivity index (χ3v) is 3.90. The minimum absolute atomic E-state index is 0.328. The van der Waals surface area contributed by atoms with Crippen LogP contribution in [0.1, 0.15) is 40.2 Å². The maximum atomic E-state index is 11.8. The summed E-state index contributed by atoms with van der Waals surface area (Å²) < 4.78 is 4.82. The van der Waals surface area contributed by atoms with Gasteiger partial charge in [-0.15, -0.1) is 0 Å². The first kappa shape index (κ1) is 13.7. The van der Waals surface area contributed by atoms with Crippen LogP contribution in [-0.2, 0) is 4.74 Å². The molecular formula is C18H19NO2. The third kappa shape index (κ3) is 2.92. The second kappa shape index (κ2) is 5.60. The number of para-hydroxylation sites is 1. The van der Waals surface area contributed by atoms with Crippen molar-refractivity contribution in [2.75, 3.05) is 12.4 Å². The predicted molar refractivity (Wildman–Crippen MR) is 84.2 cm³/mol. The summed E-state index contributed by atoms with van der Waals surface area (Å²) in [5.41, 5.74) is 4.95. The van der Waals surface area contributed by atoms with Gasteiger partial charge >= 0.3 is 5.97 Å². The average molecular weight is 281 g/mol. The molecule has 0 saturated heterocycles. The zero-order valence-corrected chi connectivity index (χ0v) is 12.3. The van der Waals surface area contributed by atoms with Crippen LogP contribution < -0.4 is 5.32 Å². The number of anilines is 2. The molecule has 0 amide bonds. The summed E-state index contributed by atoms with van der Waals surface area (Å²) >= 11 is 0. The third-order valence-electron chi connectivity index (χ3n) is 3.90. The molecule has 0 aromatic heterocycles. The van der Waals surface area contributed by atoms with Crippen LogP contribution in [0.2, 0.25) is 0 Å². The number of aryl methyl sites for hydroxylation is 1. The second-order valence-corrected chi connectivity index (χ2v) is 5.51. The van der Waals surface area contributed by atoms with Crippen molar-refractivity contribution in [1.82, 2.24) is 0 Å². The Morgan fingerprint density at radius 2 is 1.90 bits per heavy atom. The van der Waals surface area contributed by atoms with Crippen LogP contribution in [0.15, 0.2) is 42.5 Å². The van der Waals surface area contributed by atoms with E-state index in [4.69, 9.17) is 4.74 Å². The lowest BCUT2D eigenvalue weighted by Crippen LogP contribution is -2.06. The van der Waals surface area contributed by atoms with Crippen molar-refractivity contribution in [3.05, 3.63) is 59.2 Å². The number of ether oxygens (including phenoxy) is 1. The number of hydrogen-bond donors (Lipinski definition) is 1. The molecule has 1 aliphatic rings. The number of carbonyl (C=O) groups is 1. The first-order valence-electron chi connectivity index (χ1n) is 7.24. The lowest BCUT2D eigenvalue weighted by atomic mass is 10.1. The first-order valence-corrected chi connectivity index (χ1v) is 7.24. The van der Waals surface area contributed by atoms with Gasteiger partial charge in [0.25, 0.3) is 0 Å². The topological polar surface area (TPSA) is 38.3 Å². The monoisotopic (exact) mass is 281 g/mol. The molecule has 2 aromatic rings. The normalized spacial score (nSPS) is 13.8. The van der Waals surface area contributed by atoms with E-state index in [9.17, 15) is 4.79 Å². The molecule has 3 nitrogen and oxygen atoms in total. The molecule has 2 aromatic carbocycles. The molecule has 3 rings (SSSR count). The lowest BCUT2D eigenvalue weighted by Gasteiger charge is -2.13. The molecule has 0 unspecified atom stereocenters. The van der Waals surface area contributed by atoms with Gasteiger partial charge in [0.05, 0.1) is 18.4 Å². The quantitative estimate of drug-likeness (QED) is 0.844. The summed E-state index contributed by atoms with van der Waals surface area (Å²) in [6, 6.07) is 13.9. The second-order valence-electron chi connectivity index (χ2n) is 5.51. The predicted octanol–water partition coefficient (Wildman–Crippen LogP) is 4.40. The highest BCUT2D eigenvalue weighted by molar-refractivity contribution is 5.96. The summed E-state index contributed by atoms with van der Waals surface area (Å²) in [7, 11) is 1.40. The van der Waals surface area contributed by atoms with Crippen LogP contribution in [0, 0.1) is 6.92 Å². The minimum Gasteiger partial charge on any atom is -0.465 e. The number of hydrogen-bond acceptors (Lipinski definition) is 3. The molecule has 0 bridgehead atoms. The number of esters is 1. The summed E-state index contributed by atoms with van der Waals surface area (Å²) in [6.45, 7) is 2.09. The van der Waals surface area contributed by atoms with E-state index in [1.165, 1.54) is 31.1 Å². The van der Waals surface area contributed by atoms with Gasteiger partial charge in [0, 0.05) is 5.69 Å². The van der Waals surface area contributed by atoms with Crippen LogP contribution in [0.3, 0.4) is 0 Å². The highest BCUT2D eigenvalue weighted by Gasteiger charge is 2.23. The molecule has 1 saturated carbocycles. The summed E-state index contributed by atoms with van der Waals surface area (Å²) in [6.07, 6.45) is 2.61. The average Bonchev–Trinajstić information content (AvgIpc) is 3.34. The van der Waals surface area contributed by atoms with Gasteiger partial charge in [-0.1, -0.05) is 24.3 Å². The number of nitrogens with one attached hydrogen (secondary N) is 1. The van der Waals surface area contributed by atoms with Crippen LogP contribution >= 0.6 is 0 Å². The SMILES string of the molecule is COC(=O)c1ccccc1Nc1ccc(C2CC2)cc1C. The number of methoxy groups -OCH3 is 1. The molecule has 21 heavy (non-hydrogen) atoms. The molecule has 1 fully saturated rings. The minimum atomic E-state index is -0.328. The van der Waals surface area contributed by atoms with Gasteiger partial charge < -0.3 is 10.1 Å². The van der Waals surface area contributed by atoms with E-state index in [1.807, 2.05) is 18.2 Å².